The first kappa shape index (κ1) is 9.07. The second-order valence-corrected chi connectivity index (χ2v) is 3.94. The lowest BCUT2D eigenvalue weighted by molar-refractivity contribution is -0.126. The van der Waals surface area contributed by atoms with Crippen LogP contribution in [-0.2, 0) is 4.79 Å². The first-order chi connectivity index (χ1) is 5.50. The molecule has 0 spiro atoms. The molecule has 1 unspecified atom stereocenters. The Bertz CT molecular complexity index is 253. The molecule has 0 radical (unpaired) electrons. The molecular formula is C8H13N3O. The van der Waals surface area contributed by atoms with Crippen molar-refractivity contribution in [1.29, 1.82) is 0 Å². The summed E-state index contributed by atoms with van der Waals surface area (Å²) in [5.74, 6) is 0.383. The Morgan fingerprint density at radius 3 is 2.58 bits per heavy atom. The van der Waals surface area contributed by atoms with Crippen LogP contribution >= 0.6 is 0 Å². The fourth-order valence-electron chi connectivity index (χ4n) is 1.57. The normalized spacial score (nSPS) is 33.1. The second kappa shape index (κ2) is 2.79. The van der Waals surface area contributed by atoms with Gasteiger partial charge in [0.25, 0.3) is 0 Å². The van der Waals surface area contributed by atoms with Crippen LogP contribution < -0.4 is 0 Å². The number of carbonyl (C=O) groups is 1. The number of hydrogen-bond donors (Lipinski definition) is 0. The predicted octanol–water partition coefficient (Wildman–Crippen LogP) is 2.30. The van der Waals surface area contributed by atoms with Crippen molar-refractivity contribution in [3.05, 3.63) is 10.4 Å². The van der Waals surface area contributed by atoms with Gasteiger partial charge in [-0.2, -0.15) is 0 Å². The molecule has 1 aliphatic rings. The molecule has 66 valence electrons. The van der Waals surface area contributed by atoms with Crippen molar-refractivity contribution in [1.82, 2.24) is 0 Å². The minimum Gasteiger partial charge on any atom is -0.299 e. The number of azide groups is 1. The third kappa shape index (κ3) is 1.18. The predicted molar refractivity (Wildman–Crippen MR) is 45.5 cm³/mol. The SMILES string of the molecule is CC1C[C@H](N=[N+]=[N-])C(=O)C1(C)C. The molecule has 0 aliphatic heterocycles. The second-order valence-electron chi connectivity index (χ2n) is 3.94. The summed E-state index contributed by atoms with van der Waals surface area (Å²) in [6.45, 7) is 5.84. The summed E-state index contributed by atoms with van der Waals surface area (Å²) in [7, 11) is 0. The molecule has 0 aromatic carbocycles. The third-order valence-corrected chi connectivity index (χ3v) is 2.94. The summed E-state index contributed by atoms with van der Waals surface area (Å²) in [5, 5.41) is 3.48. The van der Waals surface area contributed by atoms with Crippen molar-refractivity contribution >= 4 is 5.78 Å². The lowest BCUT2D eigenvalue weighted by atomic mass is 9.82. The van der Waals surface area contributed by atoms with Crippen LogP contribution in [0.25, 0.3) is 10.4 Å². The zero-order valence-corrected chi connectivity index (χ0v) is 7.61. The summed E-state index contributed by atoms with van der Waals surface area (Å²) in [6, 6.07) is -0.431. The molecule has 0 amide bonds. The highest BCUT2D eigenvalue weighted by Gasteiger charge is 2.45. The van der Waals surface area contributed by atoms with E-state index in [1.807, 2.05) is 20.8 Å². The van der Waals surface area contributed by atoms with Gasteiger partial charge in [0.15, 0.2) is 0 Å². The Balaban J connectivity index is 2.90. The molecule has 0 aromatic heterocycles. The van der Waals surface area contributed by atoms with Gasteiger partial charge >= 0.3 is 0 Å². The third-order valence-electron chi connectivity index (χ3n) is 2.94. The number of rotatable bonds is 1. The number of ketones is 1. The maximum Gasteiger partial charge on any atom is 0.147 e. The van der Waals surface area contributed by atoms with E-state index in [4.69, 9.17) is 5.53 Å². The van der Waals surface area contributed by atoms with Gasteiger partial charge in [0.2, 0.25) is 0 Å². The summed E-state index contributed by atoms with van der Waals surface area (Å²) >= 11 is 0. The van der Waals surface area contributed by atoms with Gasteiger partial charge in [0.05, 0.1) is 6.04 Å². The van der Waals surface area contributed by atoms with E-state index in [9.17, 15) is 4.79 Å². The van der Waals surface area contributed by atoms with Gasteiger partial charge in [-0.25, -0.2) is 0 Å². The molecule has 1 rings (SSSR count). The molecular weight excluding hydrogens is 154 g/mol. The number of carbonyl (C=O) groups excluding carboxylic acids is 1. The van der Waals surface area contributed by atoms with Crippen LogP contribution in [0.3, 0.4) is 0 Å². The van der Waals surface area contributed by atoms with Gasteiger partial charge in [-0.1, -0.05) is 25.9 Å². The Morgan fingerprint density at radius 2 is 2.25 bits per heavy atom. The van der Waals surface area contributed by atoms with E-state index < -0.39 is 6.04 Å². The molecule has 0 saturated heterocycles. The Hall–Kier alpha value is -1.02. The summed E-state index contributed by atoms with van der Waals surface area (Å²) in [4.78, 5) is 14.2. The van der Waals surface area contributed by atoms with Crippen molar-refractivity contribution in [3.8, 4) is 0 Å². The fraction of sp³-hybridized carbons (Fsp3) is 0.875. The largest absolute Gasteiger partial charge is 0.299 e. The van der Waals surface area contributed by atoms with Crippen LogP contribution in [0, 0.1) is 11.3 Å². The van der Waals surface area contributed by atoms with Gasteiger partial charge in [0, 0.05) is 10.3 Å². The summed E-state index contributed by atoms with van der Waals surface area (Å²) in [6.07, 6.45) is 0.690. The van der Waals surface area contributed by atoms with Gasteiger partial charge < -0.3 is 0 Å². The van der Waals surface area contributed by atoms with Crippen LogP contribution in [0.5, 0.6) is 0 Å². The smallest absolute Gasteiger partial charge is 0.147 e. The van der Waals surface area contributed by atoms with Gasteiger partial charge in [-0.05, 0) is 17.9 Å². The zero-order valence-electron chi connectivity index (χ0n) is 7.61. The van der Waals surface area contributed by atoms with Crippen LogP contribution in [0.1, 0.15) is 27.2 Å². The number of hydrogen-bond acceptors (Lipinski definition) is 2. The molecule has 2 atom stereocenters. The van der Waals surface area contributed by atoms with E-state index >= 15 is 0 Å². The number of Topliss-reactive ketones (excluding diaryl/α,β-unsaturated/α-hetero) is 1. The van der Waals surface area contributed by atoms with E-state index in [2.05, 4.69) is 10.0 Å². The Labute approximate surface area is 71.6 Å². The molecule has 1 aliphatic carbocycles. The lowest BCUT2D eigenvalue weighted by Crippen LogP contribution is -2.26. The molecule has 4 heteroatoms. The molecule has 0 N–H and O–H groups in total. The highest BCUT2D eigenvalue weighted by atomic mass is 16.1. The molecule has 12 heavy (non-hydrogen) atoms. The molecule has 0 aromatic rings. The summed E-state index contributed by atoms with van der Waals surface area (Å²) < 4.78 is 0. The van der Waals surface area contributed by atoms with E-state index in [0.717, 1.165) is 0 Å². The van der Waals surface area contributed by atoms with Gasteiger partial charge in [-0.3, -0.25) is 4.79 Å². The monoisotopic (exact) mass is 167 g/mol. The minimum atomic E-state index is -0.431. The maximum atomic E-state index is 11.6. The van der Waals surface area contributed by atoms with Crippen molar-refractivity contribution in [2.75, 3.05) is 0 Å². The van der Waals surface area contributed by atoms with Crippen molar-refractivity contribution in [2.24, 2.45) is 16.4 Å². The highest BCUT2D eigenvalue weighted by molar-refractivity contribution is 5.91. The first-order valence-corrected chi connectivity index (χ1v) is 4.08. The molecule has 1 fully saturated rings. The van der Waals surface area contributed by atoms with E-state index in [-0.39, 0.29) is 11.2 Å². The highest BCUT2D eigenvalue weighted by Crippen LogP contribution is 2.40. The number of nitrogens with zero attached hydrogens (tertiary/aromatic N) is 3. The van der Waals surface area contributed by atoms with Crippen LogP contribution in [0.4, 0.5) is 0 Å². The summed E-state index contributed by atoms with van der Waals surface area (Å²) in [5.41, 5.74) is 7.89. The molecule has 0 heterocycles. The van der Waals surface area contributed by atoms with Crippen LogP contribution in [-0.4, -0.2) is 11.8 Å². The van der Waals surface area contributed by atoms with Crippen molar-refractivity contribution in [3.63, 3.8) is 0 Å². The van der Waals surface area contributed by atoms with E-state index in [0.29, 0.717) is 12.3 Å². The van der Waals surface area contributed by atoms with Gasteiger partial charge in [0.1, 0.15) is 5.78 Å². The van der Waals surface area contributed by atoms with E-state index in [1.165, 1.54) is 0 Å². The topological polar surface area (TPSA) is 65.8 Å². The van der Waals surface area contributed by atoms with Crippen LogP contribution in [0.15, 0.2) is 5.11 Å². The Morgan fingerprint density at radius 1 is 1.67 bits per heavy atom. The standard InChI is InChI=1S/C8H13N3O/c1-5-4-6(10-11-9)7(12)8(5,2)3/h5-6H,4H2,1-3H3/t5?,6-/m0/s1. The van der Waals surface area contributed by atoms with Crippen LogP contribution in [0.2, 0.25) is 0 Å². The molecule has 4 nitrogen and oxygen atoms in total. The molecule has 0 bridgehead atoms. The van der Waals surface area contributed by atoms with Crippen molar-refractivity contribution < 1.29 is 4.79 Å². The van der Waals surface area contributed by atoms with E-state index in [1.54, 1.807) is 0 Å². The Kier molecular flexibility index (Phi) is 2.11. The first-order valence-electron chi connectivity index (χ1n) is 4.08. The minimum absolute atomic E-state index is 0.0767. The maximum absolute atomic E-state index is 11.6. The molecule has 1 saturated carbocycles. The average Bonchev–Trinajstić information content (AvgIpc) is 2.17. The van der Waals surface area contributed by atoms with Crippen molar-refractivity contribution in [2.45, 2.75) is 33.2 Å². The fourth-order valence-corrected chi connectivity index (χ4v) is 1.57. The average molecular weight is 167 g/mol. The zero-order chi connectivity index (χ0) is 9.35. The van der Waals surface area contributed by atoms with Gasteiger partial charge in [-0.15, -0.1) is 0 Å². The quantitative estimate of drug-likeness (QED) is 0.335. The lowest BCUT2D eigenvalue weighted by Gasteiger charge is -2.20.